The average Bonchev–Trinajstić information content (AvgIpc) is 2.66. The summed E-state index contributed by atoms with van der Waals surface area (Å²) in [6.45, 7) is 1.51. The summed E-state index contributed by atoms with van der Waals surface area (Å²) < 4.78 is 5.13. The minimum absolute atomic E-state index is 0.00991. The number of aliphatic hydroxyl groups is 1. The van der Waals surface area contributed by atoms with Gasteiger partial charge in [-0.05, 0) is 20.5 Å². The Morgan fingerprint density at radius 3 is 2.78 bits per heavy atom. The van der Waals surface area contributed by atoms with Crippen molar-refractivity contribution in [3.05, 3.63) is 0 Å². The molecule has 0 saturated carbocycles. The quantitative estimate of drug-likeness (QED) is 0.631. The number of methoxy groups -OCH3 is 1. The molecule has 3 N–H and O–H groups in total. The summed E-state index contributed by atoms with van der Waals surface area (Å²) in [5.41, 5.74) is 5.52. The number of carbonyl (C=O) groups excluding carboxylic acids is 1. The van der Waals surface area contributed by atoms with E-state index in [4.69, 9.17) is 10.5 Å². The third-order valence-electron chi connectivity index (χ3n) is 3.29. The molecule has 1 aliphatic heterocycles. The van der Waals surface area contributed by atoms with Crippen LogP contribution in [0.3, 0.4) is 0 Å². The molecule has 0 aliphatic carbocycles. The second kappa shape index (κ2) is 7.04. The van der Waals surface area contributed by atoms with Gasteiger partial charge in [-0.1, -0.05) is 0 Å². The number of likely N-dealkylation sites (N-methyl/N-ethyl adjacent to an activating group) is 1. The number of nitrogens with two attached hydrogens (primary N) is 1. The third-order valence-corrected chi connectivity index (χ3v) is 3.29. The van der Waals surface area contributed by atoms with E-state index in [1.54, 1.807) is 12.0 Å². The van der Waals surface area contributed by atoms with E-state index in [1.807, 2.05) is 19.0 Å². The smallest absolute Gasteiger partial charge is 0.225 e. The third kappa shape index (κ3) is 4.20. The molecule has 0 aromatic rings. The summed E-state index contributed by atoms with van der Waals surface area (Å²) in [6, 6.07) is 0.0813. The van der Waals surface area contributed by atoms with Gasteiger partial charge in [0.1, 0.15) is 0 Å². The second-order valence-corrected chi connectivity index (χ2v) is 5.15. The minimum atomic E-state index is -0.419. The highest BCUT2D eigenvalue weighted by atomic mass is 16.5. The molecule has 0 spiro atoms. The van der Waals surface area contributed by atoms with E-state index in [-0.39, 0.29) is 24.5 Å². The largest absolute Gasteiger partial charge is 0.391 e. The summed E-state index contributed by atoms with van der Waals surface area (Å²) in [6.07, 6.45) is 0.265. The first-order valence-electron chi connectivity index (χ1n) is 6.33. The van der Waals surface area contributed by atoms with E-state index in [9.17, 15) is 9.90 Å². The zero-order chi connectivity index (χ0) is 13.7. The maximum atomic E-state index is 12.2. The van der Waals surface area contributed by atoms with Gasteiger partial charge in [0.25, 0.3) is 0 Å². The predicted octanol–water partition coefficient (Wildman–Crippen LogP) is -1.13. The van der Waals surface area contributed by atoms with Crippen molar-refractivity contribution in [1.29, 1.82) is 0 Å². The van der Waals surface area contributed by atoms with Gasteiger partial charge in [-0.15, -0.1) is 0 Å². The van der Waals surface area contributed by atoms with Crippen molar-refractivity contribution in [3.63, 3.8) is 0 Å². The topological polar surface area (TPSA) is 79.0 Å². The zero-order valence-corrected chi connectivity index (χ0v) is 11.5. The monoisotopic (exact) mass is 259 g/mol. The van der Waals surface area contributed by atoms with Crippen molar-refractivity contribution in [2.45, 2.75) is 31.1 Å². The van der Waals surface area contributed by atoms with Crippen LogP contribution in [-0.2, 0) is 9.53 Å². The number of β-amino-alcohol motifs (C(OH)–C–C–N with tert-alkyl or cyclic N) is 1. The molecular weight excluding hydrogens is 234 g/mol. The average molecular weight is 259 g/mol. The molecule has 6 nitrogen and oxygen atoms in total. The van der Waals surface area contributed by atoms with Crippen molar-refractivity contribution < 1.29 is 14.6 Å². The van der Waals surface area contributed by atoms with Gasteiger partial charge in [0, 0.05) is 32.8 Å². The van der Waals surface area contributed by atoms with Gasteiger partial charge in [-0.2, -0.15) is 0 Å². The molecule has 3 unspecified atom stereocenters. The number of carbonyl (C=O) groups is 1. The van der Waals surface area contributed by atoms with Crippen LogP contribution in [0, 0.1) is 0 Å². The van der Waals surface area contributed by atoms with Crippen molar-refractivity contribution in [2.75, 3.05) is 40.8 Å². The molecule has 0 aromatic carbocycles. The molecule has 0 bridgehead atoms. The van der Waals surface area contributed by atoms with Gasteiger partial charge in [-0.3, -0.25) is 4.79 Å². The fourth-order valence-corrected chi connectivity index (χ4v) is 2.37. The van der Waals surface area contributed by atoms with Crippen LogP contribution in [-0.4, -0.2) is 79.9 Å². The van der Waals surface area contributed by atoms with Crippen molar-refractivity contribution in [2.24, 2.45) is 5.73 Å². The van der Waals surface area contributed by atoms with E-state index in [2.05, 4.69) is 0 Å². The first-order valence-corrected chi connectivity index (χ1v) is 6.33. The lowest BCUT2D eigenvalue weighted by molar-refractivity contribution is -0.135. The predicted molar refractivity (Wildman–Crippen MR) is 69.1 cm³/mol. The first kappa shape index (κ1) is 15.4. The van der Waals surface area contributed by atoms with E-state index in [0.717, 1.165) is 6.54 Å². The standard InChI is InChI=1S/C12H25N3O3/c1-14(2)7-9-4-10(16)8-15(9)12(17)5-11(6-13)18-3/h9-11,16H,4-8,13H2,1-3H3. The van der Waals surface area contributed by atoms with Gasteiger partial charge in [-0.25, -0.2) is 0 Å². The van der Waals surface area contributed by atoms with E-state index >= 15 is 0 Å². The van der Waals surface area contributed by atoms with Gasteiger partial charge in [0.2, 0.25) is 5.91 Å². The maximum Gasteiger partial charge on any atom is 0.225 e. The van der Waals surface area contributed by atoms with Crippen LogP contribution < -0.4 is 5.73 Å². The van der Waals surface area contributed by atoms with Gasteiger partial charge < -0.3 is 25.4 Å². The highest BCUT2D eigenvalue weighted by Gasteiger charge is 2.34. The summed E-state index contributed by atoms with van der Waals surface area (Å²) >= 11 is 0. The lowest BCUT2D eigenvalue weighted by Gasteiger charge is -2.28. The Labute approximate surface area is 109 Å². The molecule has 1 rings (SSSR count). The Balaban J connectivity index is 2.58. The molecule has 0 aromatic heterocycles. The molecule has 1 aliphatic rings. The van der Waals surface area contributed by atoms with Gasteiger partial charge in [0.05, 0.1) is 18.6 Å². The molecule has 1 saturated heterocycles. The van der Waals surface area contributed by atoms with Crippen LogP contribution in [0.2, 0.25) is 0 Å². The number of amides is 1. The molecule has 6 heteroatoms. The summed E-state index contributed by atoms with van der Waals surface area (Å²) in [7, 11) is 5.48. The molecule has 1 fully saturated rings. The number of nitrogens with zero attached hydrogens (tertiary/aromatic N) is 2. The molecule has 18 heavy (non-hydrogen) atoms. The Kier molecular flexibility index (Phi) is 6.01. The molecule has 1 heterocycles. The van der Waals surface area contributed by atoms with Crippen LogP contribution in [0.5, 0.6) is 0 Å². The van der Waals surface area contributed by atoms with E-state index in [1.165, 1.54) is 0 Å². The Morgan fingerprint density at radius 1 is 1.61 bits per heavy atom. The number of aliphatic hydroxyl groups excluding tert-OH is 1. The lowest BCUT2D eigenvalue weighted by Crippen LogP contribution is -2.43. The molecule has 0 radical (unpaired) electrons. The fourth-order valence-electron chi connectivity index (χ4n) is 2.37. The van der Waals surface area contributed by atoms with Crippen LogP contribution in [0.4, 0.5) is 0 Å². The SMILES string of the molecule is COC(CN)CC(=O)N1CC(O)CC1CN(C)C. The Hall–Kier alpha value is -0.690. The maximum absolute atomic E-state index is 12.2. The summed E-state index contributed by atoms with van der Waals surface area (Å²) in [5, 5.41) is 9.71. The van der Waals surface area contributed by atoms with Crippen LogP contribution in [0.25, 0.3) is 0 Å². The van der Waals surface area contributed by atoms with E-state index in [0.29, 0.717) is 19.5 Å². The number of hydrogen-bond donors (Lipinski definition) is 2. The zero-order valence-electron chi connectivity index (χ0n) is 11.5. The van der Waals surface area contributed by atoms with Crippen molar-refractivity contribution in [1.82, 2.24) is 9.80 Å². The Bertz CT molecular complexity index is 269. The highest BCUT2D eigenvalue weighted by Crippen LogP contribution is 2.20. The van der Waals surface area contributed by atoms with Gasteiger partial charge >= 0.3 is 0 Å². The van der Waals surface area contributed by atoms with Crippen LogP contribution >= 0.6 is 0 Å². The first-order chi connectivity index (χ1) is 8.47. The molecule has 106 valence electrons. The summed E-state index contributed by atoms with van der Waals surface area (Å²) in [4.78, 5) is 16.0. The number of ether oxygens (including phenoxy) is 1. The number of hydrogen-bond acceptors (Lipinski definition) is 5. The normalized spacial score (nSPS) is 25.8. The number of likely N-dealkylation sites (tertiary alicyclic amines) is 1. The second-order valence-electron chi connectivity index (χ2n) is 5.15. The van der Waals surface area contributed by atoms with Gasteiger partial charge in [0.15, 0.2) is 0 Å². The highest BCUT2D eigenvalue weighted by molar-refractivity contribution is 5.77. The van der Waals surface area contributed by atoms with Crippen molar-refractivity contribution in [3.8, 4) is 0 Å². The van der Waals surface area contributed by atoms with Crippen molar-refractivity contribution >= 4 is 5.91 Å². The molecule has 3 atom stereocenters. The summed E-state index contributed by atoms with van der Waals surface area (Å²) in [5.74, 6) is 0.00991. The number of rotatable bonds is 6. The van der Waals surface area contributed by atoms with Crippen LogP contribution in [0.15, 0.2) is 0 Å². The molecular formula is C12H25N3O3. The Morgan fingerprint density at radius 2 is 2.28 bits per heavy atom. The lowest BCUT2D eigenvalue weighted by atomic mass is 10.1. The minimum Gasteiger partial charge on any atom is -0.391 e. The van der Waals surface area contributed by atoms with E-state index < -0.39 is 6.10 Å². The van der Waals surface area contributed by atoms with Crippen LogP contribution in [0.1, 0.15) is 12.8 Å². The fraction of sp³-hybridized carbons (Fsp3) is 0.917. The molecule has 1 amide bonds.